The van der Waals surface area contributed by atoms with Gasteiger partial charge < -0.3 is 10.4 Å². The van der Waals surface area contributed by atoms with Gasteiger partial charge in [-0.1, -0.05) is 18.2 Å². The maximum absolute atomic E-state index is 9.97. The first-order valence-electron chi connectivity index (χ1n) is 7.02. The largest absolute Gasteiger partial charge is 0.508 e. The minimum atomic E-state index is 0.298. The molecule has 3 unspecified atom stereocenters. The van der Waals surface area contributed by atoms with Gasteiger partial charge in [-0.15, -0.1) is 0 Å². The predicted molar refractivity (Wildman–Crippen MR) is 72.7 cm³/mol. The van der Waals surface area contributed by atoms with Crippen LogP contribution in [0, 0.1) is 0 Å². The number of hydrogen-bond donors (Lipinski definition) is 2. The highest BCUT2D eigenvalue weighted by molar-refractivity contribution is 5.34. The van der Waals surface area contributed by atoms with Gasteiger partial charge >= 0.3 is 0 Å². The second-order valence-corrected chi connectivity index (χ2v) is 5.66. The van der Waals surface area contributed by atoms with Crippen LogP contribution in [0.1, 0.15) is 37.8 Å². The van der Waals surface area contributed by atoms with Gasteiger partial charge in [-0.3, -0.25) is 4.90 Å². The Bertz CT molecular complexity index is 421. The summed E-state index contributed by atoms with van der Waals surface area (Å²) < 4.78 is 0. The van der Waals surface area contributed by atoms with E-state index in [4.69, 9.17) is 0 Å². The van der Waals surface area contributed by atoms with Gasteiger partial charge in [-0.05, 0) is 32.3 Å². The SMILES string of the molecule is CC(c1ccccc1O)N1CCC2CCC(C1)N2. The van der Waals surface area contributed by atoms with Gasteiger partial charge in [0, 0.05) is 36.8 Å². The lowest BCUT2D eigenvalue weighted by Gasteiger charge is -2.30. The van der Waals surface area contributed by atoms with Crippen LogP contribution in [-0.2, 0) is 0 Å². The molecule has 3 heteroatoms. The van der Waals surface area contributed by atoms with E-state index in [2.05, 4.69) is 17.1 Å². The third kappa shape index (κ3) is 2.25. The van der Waals surface area contributed by atoms with Crippen LogP contribution in [0.2, 0.25) is 0 Å². The maximum Gasteiger partial charge on any atom is 0.120 e. The molecule has 0 radical (unpaired) electrons. The summed E-state index contributed by atoms with van der Waals surface area (Å²) in [6.45, 7) is 4.43. The number of phenolic OH excluding ortho intramolecular Hbond substituents is 1. The number of para-hydroxylation sites is 1. The highest BCUT2D eigenvalue weighted by Crippen LogP contribution is 2.31. The van der Waals surface area contributed by atoms with Gasteiger partial charge in [-0.25, -0.2) is 0 Å². The number of phenols is 1. The number of hydrogen-bond acceptors (Lipinski definition) is 3. The second-order valence-electron chi connectivity index (χ2n) is 5.66. The van der Waals surface area contributed by atoms with Crippen LogP contribution in [0.25, 0.3) is 0 Å². The lowest BCUT2D eigenvalue weighted by molar-refractivity contribution is 0.197. The zero-order valence-electron chi connectivity index (χ0n) is 11.0. The molecule has 98 valence electrons. The molecule has 1 aromatic rings. The molecule has 1 aromatic carbocycles. The van der Waals surface area contributed by atoms with Crippen LogP contribution in [0.15, 0.2) is 24.3 Å². The molecule has 2 bridgehead atoms. The Kier molecular flexibility index (Phi) is 3.27. The molecule has 3 nitrogen and oxygen atoms in total. The van der Waals surface area contributed by atoms with Crippen molar-refractivity contribution in [3.05, 3.63) is 29.8 Å². The van der Waals surface area contributed by atoms with Crippen molar-refractivity contribution >= 4 is 0 Å². The van der Waals surface area contributed by atoms with Gasteiger partial charge in [0.05, 0.1) is 0 Å². The molecule has 2 aliphatic heterocycles. The van der Waals surface area contributed by atoms with Crippen LogP contribution in [0.5, 0.6) is 5.75 Å². The minimum absolute atomic E-state index is 0.298. The normalized spacial score (nSPS) is 30.1. The molecular formula is C15H22N2O. The Morgan fingerprint density at radius 3 is 2.83 bits per heavy atom. The van der Waals surface area contributed by atoms with E-state index in [1.54, 1.807) is 6.07 Å². The highest BCUT2D eigenvalue weighted by atomic mass is 16.3. The summed E-state index contributed by atoms with van der Waals surface area (Å²) in [7, 11) is 0. The molecule has 3 rings (SSSR count). The predicted octanol–water partition coefficient (Wildman–Crippen LogP) is 2.28. The van der Waals surface area contributed by atoms with Crippen molar-refractivity contribution in [1.29, 1.82) is 0 Å². The molecule has 2 N–H and O–H groups in total. The quantitative estimate of drug-likeness (QED) is 0.840. The Labute approximate surface area is 109 Å². The molecule has 18 heavy (non-hydrogen) atoms. The van der Waals surface area contributed by atoms with Crippen LogP contribution >= 0.6 is 0 Å². The van der Waals surface area contributed by atoms with Gasteiger partial charge in [-0.2, -0.15) is 0 Å². The fourth-order valence-corrected chi connectivity index (χ4v) is 3.36. The van der Waals surface area contributed by atoms with Crippen LogP contribution < -0.4 is 5.32 Å². The van der Waals surface area contributed by atoms with E-state index in [0.29, 0.717) is 17.8 Å². The lowest BCUT2D eigenvalue weighted by atomic mass is 10.0. The first-order chi connectivity index (χ1) is 8.74. The van der Waals surface area contributed by atoms with Crippen molar-refractivity contribution < 1.29 is 5.11 Å². The zero-order chi connectivity index (χ0) is 12.5. The van der Waals surface area contributed by atoms with Crippen molar-refractivity contribution in [1.82, 2.24) is 10.2 Å². The molecule has 0 spiro atoms. The van der Waals surface area contributed by atoms with Crippen LogP contribution in [0.3, 0.4) is 0 Å². The second kappa shape index (κ2) is 4.90. The van der Waals surface area contributed by atoms with Crippen molar-refractivity contribution in [3.8, 4) is 5.75 Å². The number of benzene rings is 1. The molecule has 0 aliphatic carbocycles. The molecule has 3 atom stereocenters. The lowest BCUT2D eigenvalue weighted by Crippen LogP contribution is -2.36. The Hall–Kier alpha value is -1.06. The summed E-state index contributed by atoms with van der Waals surface area (Å²) >= 11 is 0. The smallest absolute Gasteiger partial charge is 0.120 e. The van der Waals surface area contributed by atoms with Crippen molar-refractivity contribution in [2.45, 2.75) is 44.3 Å². The van der Waals surface area contributed by atoms with Gasteiger partial charge in [0.2, 0.25) is 0 Å². The fraction of sp³-hybridized carbons (Fsp3) is 0.600. The topological polar surface area (TPSA) is 35.5 Å². The Morgan fingerprint density at radius 1 is 1.22 bits per heavy atom. The van der Waals surface area contributed by atoms with E-state index in [1.165, 1.54) is 19.3 Å². The highest BCUT2D eigenvalue weighted by Gasteiger charge is 2.31. The van der Waals surface area contributed by atoms with Gasteiger partial charge in [0.15, 0.2) is 0 Å². The fourth-order valence-electron chi connectivity index (χ4n) is 3.36. The average molecular weight is 246 g/mol. The summed E-state index contributed by atoms with van der Waals surface area (Å²) in [4.78, 5) is 2.51. The van der Waals surface area contributed by atoms with Gasteiger partial charge in [0.25, 0.3) is 0 Å². The summed E-state index contributed by atoms with van der Waals surface area (Å²) in [5, 5.41) is 13.7. The first kappa shape index (κ1) is 12.0. The minimum Gasteiger partial charge on any atom is -0.508 e. The summed E-state index contributed by atoms with van der Waals surface area (Å²) in [5.74, 6) is 0.423. The van der Waals surface area contributed by atoms with Crippen molar-refractivity contribution in [2.24, 2.45) is 0 Å². The maximum atomic E-state index is 9.97. The first-order valence-corrected chi connectivity index (χ1v) is 7.02. The number of nitrogens with zero attached hydrogens (tertiary/aromatic N) is 1. The molecule has 0 amide bonds. The number of nitrogens with one attached hydrogen (secondary N) is 1. The third-order valence-electron chi connectivity index (χ3n) is 4.49. The number of likely N-dealkylation sites (tertiary alicyclic amines) is 1. The standard InChI is InChI=1S/C15H22N2O/c1-11(14-4-2-3-5-15(14)18)17-9-8-12-6-7-13(10-17)16-12/h2-5,11-13,16,18H,6-10H2,1H3. The van der Waals surface area contributed by atoms with E-state index in [9.17, 15) is 5.11 Å². The molecule has 2 aliphatic rings. The summed E-state index contributed by atoms with van der Waals surface area (Å²) in [6, 6.07) is 9.38. The van der Waals surface area contributed by atoms with Crippen LogP contribution in [-0.4, -0.2) is 35.2 Å². The van der Waals surface area contributed by atoms with Gasteiger partial charge in [0.1, 0.15) is 5.75 Å². The van der Waals surface area contributed by atoms with E-state index in [1.807, 2.05) is 18.2 Å². The van der Waals surface area contributed by atoms with E-state index in [-0.39, 0.29) is 0 Å². The number of rotatable bonds is 2. The molecule has 2 fully saturated rings. The van der Waals surface area contributed by atoms with Crippen molar-refractivity contribution in [3.63, 3.8) is 0 Å². The molecule has 0 saturated carbocycles. The Balaban J connectivity index is 1.76. The average Bonchev–Trinajstić information content (AvgIpc) is 2.69. The summed E-state index contributed by atoms with van der Waals surface area (Å²) in [5.41, 5.74) is 1.05. The van der Waals surface area contributed by atoms with E-state index in [0.717, 1.165) is 24.7 Å². The molecular weight excluding hydrogens is 224 g/mol. The van der Waals surface area contributed by atoms with E-state index < -0.39 is 0 Å². The zero-order valence-corrected chi connectivity index (χ0v) is 11.0. The monoisotopic (exact) mass is 246 g/mol. The molecule has 0 aromatic heterocycles. The van der Waals surface area contributed by atoms with E-state index >= 15 is 0 Å². The van der Waals surface area contributed by atoms with Crippen LogP contribution in [0.4, 0.5) is 0 Å². The number of aromatic hydroxyl groups is 1. The number of fused-ring (bicyclic) bond motifs is 2. The summed E-state index contributed by atoms with van der Waals surface area (Å²) in [6.07, 6.45) is 3.87. The third-order valence-corrected chi connectivity index (χ3v) is 4.49. The van der Waals surface area contributed by atoms with Crippen molar-refractivity contribution in [2.75, 3.05) is 13.1 Å². The molecule has 2 saturated heterocycles. The Morgan fingerprint density at radius 2 is 2.00 bits per heavy atom. The molecule has 2 heterocycles.